The quantitative estimate of drug-likeness (QED) is 0.331. The molecule has 0 aliphatic heterocycles. The molecule has 0 unspecified atom stereocenters. The molecule has 3 aromatic heterocycles. The van der Waals surface area contributed by atoms with Gasteiger partial charge in [-0.1, -0.05) is 30.3 Å². The van der Waals surface area contributed by atoms with Gasteiger partial charge in [-0.15, -0.1) is 0 Å². The molecule has 0 bridgehead atoms. The summed E-state index contributed by atoms with van der Waals surface area (Å²) in [5.41, 5.74) is 1.75. The molecule has 5 rings (SSSR count). The first kappa shape index (κ1) is 24.8. The highest BCUT2D eigenvalue weighted by atomic mass is 32.2. The molecular weight excluding hydrogens is 504 g/mol. The van der Waals surface area contributed by atoms with Crippen LogP contribution in [0.1, 0.15) is 21.6 Å². The second-order valence-corrected chi connectivity index (χ2v) is 10.1. The van der Waals surface area contributed by atoms with Gasteiger partial charge in [0, 0.05) is 29.2 Å². The molecule has 1 amide bonds. The predicted molar refractivity (Wildman–Crippen MR) is 144 cm³/mol. The van der Waals surface area contributed by atoms with Crippen molar-refractivity contribution in [3.8, 4) is 0 Å². The van der Waals surface area contributed by atoms with Crippen LogP contribution in [0.5, 0.6) is 0 Å². The van der Waals surface area contributed by atoms with Crippen molar-refractivity contribution in [3.63, 3.8) is 0 Å². The fraction of sp³-hybridized carbons (Fsp3) is 0.0741. The Morgan fingerprint density at radius 1 is 0.921 bits per heavy atom. The summed E-state index contributed by atoms with van der Waals surface area (Å²) >= 11 is 0. The van der Waals surface area contributed by atoms with Gasteiger partial charge in [-0.3, -0.25) is 14.2 Å². The smallest absolute Gasteiger partial charge is 0.265 e. The Balaban J connectivity index is 1.40. The standard InChI is InChI=1S/C27H22N6O4S/c1-18-13-15-29-27(30-18)32-38(36,37)22-11-9-21(10-12-22)31-25(34)23-16-20-8-5-14-28-24(20)33(26(23)35)17-19-6-3-2-4-7-19/h2-16H,17H2,1H3,(H,31,34)(H,29,30,32). The Kier molecular flexibility index (Phi) is 6.67. The van der Waals surface area contributed by atoms with E-state index in [1.54, 1.807) is 31.3 Å². The number of carbonyl (C=O) groups is 1. The molecule has 2 N–H and O–H groups in total. The number of carbonyl (C=O) groups excluding carboxylic acids is 1. The van der Waals surface area contributed by atoms with Crippen molar-refractivity contribution < 1.29 is 13.2 Å². The van der Waals surface area contributed by atoms with Gasteiger partial charge < -0.3 is 5.32 Å². The van der Waals surface area contributed by atoms with Crippen LogP contribution in [0.15, 0.2) is 101 Å². The number of nitrogens with one attached hydrogen (secondary N) is 2. The van der Waals surface area contributed by atoms with Crippen LogP contribution in [0.3, 0.4) is 0 Å². The van der Waals surface area contributed by atoms with E-state index in [9.17, 15) is 18.0 Å². The van der Waals surface area contributed by atoms with E-state index in [4.69, 9.17) is 0 Å². The number of amides is 1. The Bertz CT molecular complexity index is 1800. The summed E-state index contributed by atoms with van der Waals surface area (Å²) in [7, 11) is -3.94. The number of hydrogen-bond acceptors (Lipinski definition) is 7. The molecule has 0 fully saturated rings. The molecule has 2 aromatic carbocycles. The molecule has 0 radical (unpaired) electrons. The molecule has 10 nitrogen and oxygen atoms in total. The molecule has 190 valence electrons. The van der Waals surface area contributed by atoms with Crippen LogP contribution in [-0.4, -0.2) is 33.8 Å². The minimum atomic E-state index is -3.94. The molecule has 3 heterocycles. The monoisotopic (exact) mass is 526 g/mol. The first-order valence-electron chi connectivity index (χ1n) is 11.6. The average molecular weight is 527 g/mol. The molecule has 0 atom stereocenters. The predicted octanol–water partition coefficient (Wildman–Crippen LogP) is 3.60. The first-order valence-corrected chi connectivity index (χ1v) is 13.0. The number of rotatable bonds is 7. The normalized spacial score (nSPS) is 11.3. The summed E-state index contributed by atoms with van der Waals surface area (Å²) in [5.74, 6) is -0.663. The molecule has 38 heavy (non-hydrogen) atoms. The summed E-state index contributed by atoms with van der Waals surface area (Å²) < 4.78 is 29.2. The number of hydrogen-bond donors (Lipinski definition) is 2. The lowest BCUT2D eigenvalue weighted by atomic mass is 10.1. The van der Waals surface area contributed by atoms with E-state index in [-0.39, 0.29) is 23.0 Å². The lowest BCUT2D eigenvalue weighted by Crippen LogP contribution is -2.30. The third-order valence-corrected chi connectivity index (χ3v) is 7.06. The lowest BCUT2D eigenvalue weighted by Gasteiger charge is -2.13. The average Bonchev–Trinajstić information content (AvgIpc) is 2.91. The van der Waals surface area contributed by atoms with Crippen molar-refractivity contribution in [2.75, 3.05) is 10.0 Å². The van der Waals surface area contributed by atoms with Crippen LogP contribution in [-0.2, 0) is 16.6 Å². The van der Waals surface area contributed by atoms with E-state index in [1.165, 1.54) is 41.1 Å². The van der Waals surface area contributed by atoms with Crippen molar-refractivity contribution >= 4 is 38.6 Å². The third kappa shape index (κ3) is 5.27. The summed E-state index contributed by atoms with van der Waals surface area (Å²) in [6.45, 7) is 1.97. The Morgan fingerprint density at radius 2 is 1.68 bits per heavy atom. The zero-order valence-electron chi connectivity index (χ0n) is 20.2. The van der Waals surface area contributed by atoms with Crippen molar-refractivity contribution in [1.82, 2.24) is 19.5 Å². The van der Waals surface area contributed by atoms with Crippen LogP contribution in [0, 0.1) is 6.92 Å². The number of aromatic nitrogens is 4. The maximum atomic E-state index is 13.4. The van der Waals surface area contributed by atoms with E-state index in [0.29, 0.717) is 22.4 Å². The molecule has 0 spiro atoms. The maximum absolute atomic E-state index is 13.4. The summed E-state index contributed by atoms with van der Waals surface area (Å²) in [4.78, 5) is 38.8. The zero-order valence-corrected chi connectivity index (χ0v) is 21.0. The van der Waals surface area contributed by atoms with Crippen LogP contribution in [0.25, 0.3) is 11.0 Å². The van der Waals surface area contributed by atoms with Crippen molar-refractivity contribution in [3.05, 3.63) is 118 Å². The van der Waals surface area contributed by atoms with E-state index in [1.807, 2.05) is 30.3 Å². The molecule has 5 aromatic rings. The zero-order chi connectivity index (χ0) is 26.7. The molecule has 0 aliphatic carbocycles. The Morgan fingerprint density at radius 3 is 2.42 bits per heavy atom. The van der Waals surface area contributed by atoms with Gasteiger partial charge in [0.15, 0.2) is 0 Å². The fourth-order valence-corrected chi connectivity index (χ4v) is 4.83. The highest BCUT2D eigenvalue weighted by Gasteiger charge is 2.19. The van der Waals surface area contributed by atoms with Crippen LogP contribution in [0.4, 0.5) is 11.6 Å². The van der Waals surface area contributed by atoms with Crippen LogP contribution < -0.4 is 15.6 Å². The summed E-state index contributed by atoms with van der Waals surface area (Å²) in [6, 6.07) is 21.6. The lowest BCUT2D eigenvalue weighted by molar-refractivity contribution is 0.102. The van der Waals surface area contributed by atoms with Crippen molar-refractivity contribution in [1.29, 1.82) is 0 Å². The van der Waals surface area contributed by atoms with Gasteiger partial charge in [0.1, 0.15) is 11.2 Å². The van der Waals surface area contributed by atoms with Crippen molar-refractivity contribution in [2.24, 2.45) is 0 Å². The molecule has 0 aliphatic rings. The van der Waals surface area contributed by atoms with E-state index in [2.05, 4.69) is 25.0 Å². The second-order valence-electron chi connectivity index (χ2n) is 8.46. The third-order valence-electron chi connectivity index (χ3n) is 5.72. The number of nitrogens with zero attached hydrogens (tertiary/aromatic N) is 4. The largest absolute Gasteiger partial charge is 0.322 e. The van der Waals surface area contributed by atoms with Crippen LogP contribution in [0.2, 0.25) is 0 Å². The summed E-state index contributed by atoms with van der Waals surface area (Å²) in [6.07, 6.45) is 3.05. The highest BCUT2D eigenvalue weighted by molar-refractivity contribution is 7.92. The van der Waals surface area contributed by atoms with Crippen molar-refractivity contribution in [2.45, 2.75) is 18.4 Å². The van der Waals surface area contributed by atoms with Gasteiger partial charge in [-0.05, 0) is 61.0 Å². The van der Waals surface area contributed by atoms with Gasteiger partial charge in [0.05, 0.1) is 11.4 Å². The van der Waals surface area contributed by atoms with E-state index < -0.39 is 21.5 Å². The Hall–Kier alpha value is -4.90. The molecule has 0 saturated carbocycles. The minimum Gasteiger partial charge on any atom is -0.322 e. The SMILES string of the molecule is Cc1ccnc(NS(=O)(=O)c2ccc(NC(=O)c3cc4cccnc4n(Cc4ccccc4)c3=O)cc2)n1. The van der Waals surface area contributed by atoms with E-state index in [0.717, 1.165) is 5.56 Å². The van der Waals surface area contributed by atoms with Gasteiger partial charge in [0.25, 0.3) is 21.5 Å². The van der Waals surface area contributed by atoms with Gasteiger partial charge in [-0.25, -0.2) is 28.1 Å². The number of fused-ring (bicyclic) bond motifs is 1. The maximum Gasteiger partial charge on any atom is 0.265 e. The number of pyridine rings is 2. The first-order chi connectivity index (χ1) is 18.3. The molecule has 11 heteroatoms. The Labute approximate surface area is 218 Å². The number of anilines is 2. The number of aryl methyl sites for hydroxylation is 1. The van der Waals surface area contributed by atoms with Gasteiger partial charge >= 0.3 is 0 Å². The number of sulfonamides is 1. The van der Waals surface area contributed by atoms with Crippen LogP contribution >= 0.6 is 0 Å². The highest BCUT2D eigenvalue weighted by Crippen LogP contribution is 2.18. The molecule has 0 saturated heterocycles. The fourth-order valence-electron chi connectivity index (χ4n) is 3.87. The molecular formula is C27H22N6O4S. The minimum absolute atomic E-state index is 0.0393. The van der Waals surface area contributed by atoms with Gasteiger partial charge in [0.2, 0.25) is 5.95 Å². The topological polar surface area (TPSA) is 136 Å². The number of benzene rings is 2. The second kappa shape index (κ2) is 10.2. The summed E-state index contributed by atoms with van der Waals surface area (Å²) in [5, 5.41) is 3.32. The van der Waals surface area contributed by atoms with E-state index >= 15 is 0 Å². The van der Waals surface area contributed by atoms with Gasteiger partial charge in [-0.2, -0.15) is 0 Å².